The van der Waals surface area contributed by atoms with Gasteiger partial charge in [-0.15, -0.1) is 0 Å². The topological polar surface area (TPSA) is 90.0 Å². The number of carbonyl (C=O) groups excluding carboxylic acids is 1. The zero-order valence-electron chi connectivity index (χ0n) is 17.1. The number of anilines is 1. The van der Waals surface area contributed by atoms with Crippen LogP contribution in [0.2, 0.25) is 0 Å². The van der Waals surface area contributed by atoms with E-state index in [1.165, 1.54) is 6.33 Å². The first kappa shape index (κ1) is 20.1. The Bertz CT molecular complexity index is 1420. The van der Waals surface area contributed by atoms with Gasteiger partial charge >= 0.3 is 0 Å². The highest BCUT2D eigenvalue weighted by atomic mass is 79.9. The third kappa shape index (κ3) is 4.15. The molecule has 0 aliphatic heterocycles. The number of amides is 1. The standard InChI is InChI=1S/C23H18BrN7O/c1-15-3-2-4-22(27-15)31-20(16-5-10-21-25-14-26-30(21)13-16)11-19(29-31)12-23(32)28-18-8-6-17(24)7-9-18/h2-11,13-14H,12H2,1H3,(H,28,32). The minimum atomic E-state index is -0.146. The Labute approximate surface area is 192 Å². The van der Waals surface area contributed by atoms with Crippen LogP contribution in [0.25, 0.3) is 22.7 Å². The highest BCUT2D eigenvalue weighted by Gasteiger charge is 2.16. The van der Waals surface area contributed by atoms with Crippen molar-refractivity contribution >= 4 is 33.2 Å². The number of nitrogens with zero attached hydrogens (tertiary/aromatic N) is 6. The van der Waals surface area contributed by atoms with Crippen molar-refractivity contribution in [1.82, 2.24) is 29.4 Å². The maximum atomic E-state index is 12.6. The van der Waals surface area contributed by atoms with E-state index in [-0.39, 0.29) is 12.3 Å². The van der Waals surface area contributed by atoms with Gasteiger partial charge in [0.05, 0.1) is 17.8 Å². The number of rotatable bonds is 5. The fourth-order valence-electron chi connectivity index (χ4n) is 3.41. The summed E-state index contributed by atoms with van der Waals surface area (Å²) in [4.78, 5) is 21.5. The molecule has 0 saturated heterocycles. The van der Waals surface area contributed by atoms with Crippen LogP contribution in [0.3, 0.4) is 0 Å². The smallest absolute Gasteiger partial charge is 0.230 e. The molecular formula is C23H18BrN7O. The van der Waals surface area contributed by atoms with E-state index in [0.717, 1.165) is 32.8 Å². The fraction of sp³-hybridized carbons (Fsp3) is 0.0870. The molecule has 0 spiro atoms. The second-order valence-corrected chi connectivity index (χ2v) is 8.20. The Morgan fingerprint density at radius 1 is 1.09 bits per heavy atom. The summed E-state index contributed by atoms with van der Waals surface area (Å²) < 4.78 is 4.41. The quantitative estimate of drug-likeness (QED) is 0.400. The average Bonchev–Trinajstić information content (AvgIpc) is 3.41. The molecule has 5 rings (SSSR count). The molecule has 0 unspecified atom stereocenters. The number of aryl methyl sites for hydroxylation is 1. The van der Waals surface area contributed by atoms with Crippen molar-refractivity contribution in [2.45, 2.75) is 13.3 Å². The van der Waals surface area contributed by atoms with Crippen LogP contribution in [0.1, 0.15) is 11.4 Å². The monoisotopic (exact) mass is 487 g/mol. The molecule has 0 bridgehead atoms. The van der Waals surface area contributed by atoms with Crippen molar-refractivity contribution in [3.63, 3.8) is 0 Å². The van der Waals surface area contributed by atoms with Crippen LogP contribution in [-0.4, -0.2) is 35.3 Å². The third-order valence-corrected chi connectivity index (χ3v) is 5.42. The molecule has 0 saturated carbocycles. The Morgan fingerprint density at radius 3 is 2.75 bits per heavy atom. The summed E-state index contributed by atoms with van der Waals surface area (Å²) >= 11 is 3.40. The molecule has 1 amide bonds. The minimum Gasteiger partial charge on any atom is -0.326 e. The number of benzene rings is 1. The maximum Gasteiger partial charge on any atom is 0.230 e. The van der Waals surface area contributed by atoms with Gasteiger partial charge in [0.25, 0.3) is 0 Å². The summed E-state index contributed by atoms with van der Waals surface area (Å²) in [6, 6.07) is 19.0. The molecule has 9 heteroatoms. The van der Waals surface area contributed by atoms with Crippen LogP contribution in [0.15, 0.2) is 77.7 Å². The minimum absolute atomic E-state index is 0.132. The highest BCUT2D eigenvalue weighted by Crippen LogP contribution is 2.24. The van der Waals surface area contributed by atoms with Crippen molar-refractivity contribution in [3.8, 4) is 17.1 Å². The highest BCUT2D eigenvalue weighted by molar-refractivity contribution is 9.10. The summed E-state index contributed by atoms with van der Waals surface area (Å²) in [6.45, 7) is 1.93. The Morgan fingerprint density at radius 2 is 1.94 bits per heavy atom. The lowest BCUT2D eigenvalue weighted by Crippen LogP contribution is -2.15. The van der Waals surface area contributed by atoms with Crippen molar-refractivity contribution < 1.29 is 4.79 Å². The Kier molecular flexibility index (Phi) is 5.24. The van der Waals surface area contributed by atoms with Gasteiger partial charge in [0.1, 0.15) is 6.33 Å². The SMILES string of the molecule is Cc1cccc(-n2nc(CC(=O)Nc3ccc(Br)cc3)cc2-c2ccc3ncnn3c2)n1. The molecule has 8 nitrogen and oxygen atoms in total. The average molecular weight is 488 g/mol. The molecule has 0 atom stereocenters. The van der Waals surface area contributed by atoms with Gasteiger partial charge in [-0.3, -0.25) is 4.79 Å². The van der Waals surface area contributed by atoms with Crippen LogP contribution in [0.5, 0.6) is 0 Å². The molecule has 32 heavy (non-hydrogen) atoms. The molecule has 4 aromatic heterocycles. The lowest BCUT2D eigenvalue weighted by Gasteiger charge is -2.07. The molecule has 4 heterocycles. The number of fused-ring (bicyclic) bond motifs is 1. The predicted octanol–water partition coefficient (Wildman–Crippen LogP) is 4.23. The lowest BCUT2D eigenvalue weighted by atomic mass is 10.1. The molecule has 0 aliphatic carbocycles. The molecule has 1 aromatic carbocycles. The largest absolute Gasteiger partial charge is 0.326 e. The summed E-state index contributed by atoms with van der Waals surface area (Å²) in [5, 5.41) is 11.8. The zero-order valence-corrected chi connectivity index (χ0v) is 18.7. The maximum absolute atomic E-state index is 12.6. The number of nitrogens with one attached hydrogen (secondary N) is 1. The van der Waals surface area contributed by atoms with Crippen LogP contribution in [0, 0.1) is 6.92 Å². The van der Waals surface area contributed by atoms with E-state index in [9.17, 15) is 4.79 Å². The number of carbonyl (C=O) groups is 1. The van der Waals surface area contributed by atoms with E-state index in [1.807, 2.05) is 73.8 Å². The van der Waals surface area contributed by atoms with Gasteiger partial charge in [-0.05, 0) is 61.5 Å². The van der Waals surface area contributed by atoms with Gasteiger partial charge in [0.2, 0.25) is 5.91 Å². The number of pyridine rings is 2. The van der Waals surface area contributed by atoms with E-state index in [4.69, 9.17) is 5.10 Å². The first-order chi connectivity index (χ1) is 15.5. The van der Waals surface area contributed by atoms with Crippen LogP contribution in [-0.2, 0) is 11.2 Å². The van der Waals surface area contributed by atoms with Crippen molar-refractivity contribution in [3.05, 3.63) is 89.0 Å². The van der Waals surface area contributed by atoms with E-state index in [0.29, 0.717) is 11.5 Å². The summed E-state index contributed by atoms with van der Waals surface area (Å²) in [6.07, 6.45) is 3.53. The van der Waals surface area contributed by atoms with E-state index >= 15 is 0 Å². The van der Waals surface area contributed by atoms with Crippen LogP contribution >= 0.6 is 15.9 Å². The number of halogens is 1. The van der Waals surface area contributed by atoms with Crippen molar-refractivity contribution in [1.29, 1.82) is 0 Å². The van der Waals surface area contributed by atoms with Gasteiger partial charge in [-0.1, -0.05) is 22.0 Å². The first-order valence-corrected chi connectivity index (χ1v) is 10.7. The Hall–Kier alpha value is -3.85. The van der Waals surface area contributed by atoms with Crippen molar-refractivity contribution in [2.75, 3.05) is 5.32 Å². The molecule has 1 N–H and O–H groups in total. The van der Waals surface area contributed by atoms with Gasteiger partial charge in [-0.2, -0.15) is 10.2 Å². The number of hydrogen-bond donors (Lipinski definition) is 1. The van der Waals surface area contributed by atoms with Crippen molar-refractivity contribution in [2.24, 2.45) is 0 Å². The molecular weight excluding hydrogens is 470 g/mol. The number of hydrogen-bond acceptors (Lipinski definition) is 5. The summed E-state index contributed by atoms with van der Waals surface area (Å²) in [7, 11) is 0. The zero-order chi connectivity index (χ0) is 22.1. The summed E-state index contributed by atoms with van der Waals surface area (Å²) in [5.74, 6) is 0.533. The van der Waals surface area contributed by atoms with Crippen LogP contribution in [0.4, 0.5) is 5.69 Å². The lowest BCUT2D eigenvalue weighted by molar-refractivity contribution is -0.115. The molecule has 0 radical (unpaired) electrons. The molecule has 158 valence electrons. The third-order valence-electron chi connectivity index (χ3n) is 4.89. The van der Waals surface area contributed by atoms with E-state index in [1.54, 1.807) is 9.20 Å². The van der Waals surface area contributed by atoms with Gasteiger partial charge in [-0.25, -0.2) is 19.2 Å². The van der Waals surface area contributed by atoms with Gasteiger partial charge in [0.15, 0.2) is 11.5 Å². The molecule has 0 aliphatic rings. The fourth-order valence-corrected chi connectivity index (χ4v) is 3.68. The van der Waals surface area contributed by atoms with Crippen LogP contribution < -0.4 is 5.32 Å². The Balaban J connectivity index is 1.50. The normalized spacial score (nSPS) is 11.1. The van der Waals surface area contributed by atoms with Gasteiger partial charge < -0.3 is 5.32 Å². The van der Waals surface area contributed by atoms with E-state index in [2.05, 4.69) is 36.3 Å². The second-order valence-electron chi connectivity index (χ2n) is 7.28. The molecule has 0 fully saturated rings. The molecule has 5 aromatic rings. The van der Waals surface area contributed by atoms with E-state index < -0.39 is 0 Å². The predicted molar refractivity (Wildman–Crippen MR) is 125 cm³/mol. The first-order valence-electron chi connectivity index (χ1n) is 9.93. The van der Waals surface area contributed by atoms with Gasteiger partial charge in [0, 0.05) is 27.6 Å². The second kappa shape index (κ2) is 8.35. The number of aromatic nitrogens is 6. The summed E-state index contributed by atoms with van der Waals surface area (Å²) in [5.41, 5.74) is 4.70.